The molecule has 0 aromatic carbocycles. The number of aldehydes is 1. The molecule has 0 aliphatic heterocycles. The molecule has 3 heteroatoms. The lowest BCUT2D eigenvalue weighted by atomic mass is 10.8. The largest absolute Gasteiger partial charge is 0.389 e. The van der Waals surface area contributed by atoms with Crippen LogP contribution < -0.4 is 0 Å². The lowest BCUT2D eigenvalue weighted by Crippen LogP contribution is -2.39. The minimum absolute atomic E-state index is 0.617. The standard InChI is InChI=1S/C5H12O2Si/c1-8(2,3)5(7)4-6/h4-5,7H,1-3H3. The Kier molecular flexibility index (Phi) is 2.37. The summed E-state index contributed by atoms with van der Waals surface area (Å²) in [4.78, 5) is 9.94. The molecule has 0 aliphatic carbocycles. The zero-order valence-electron chi connectivity index (χ0n) is 5.51. The highest BCUT2D eigenvalue weighted by Gasteiger charge is 2.23. The van der Waals surface area contributed by atoms with Crippen LogP contribution in [-0.2, 0) is 4.79 Å². The van der Waals surface area contributed by atoms with Crippen LogP contribution in [0.4, 0.5) is 0 Å². The van der Waals surface area contributed by atoms with Crippen LogP contribution in [0.5, 0.6) is 0 Å². The summed E-state index contributed by atoms with van der Waals surface area (Å²) in [6, 6.07) is 0. The van der Waals surface area contributed by atoms with Crippen molar-refractivity contribution in [1.29, 1.82) is 0 Å². The number of hydrogen-bond donors (Lipinski definition) is 1. The molecular weight excluding hydrogens is 120 g/mol. The Bertz CT molecular complexity index is 84.9. The van der Waals surface area contributed by atoms with Crippen molar-refractivity contribution in [3.63, 3.8) is 0 Å². The summed E-state index contributed by atoms with van der Waals surface area (Å²) in [5, 5.41) is 8.89. The van der Waals surface area contributed by atoms with E-state index >= 15 is 0 Å². The van der Waals surface area contributed by atoms with Crippen molar-refractivity contribution in [2.24, 2.45) is 0 Å². The Hall–Kier alpha value is -0.153. The summed E-state index contributed by atoms with van der Waals surface area (Å²) in [5.41, 5.74) is -0.692. The van der Waals surface area contributed by atoms with Crippen molar-refractivity contribution in [1.82, 2.24) is 0 Å². The number of aliphatic hydroxyl groups is 1. The molecule has 0 amide bonds. The molecule has 1 unspecified atom stereocenters. The molecule has 8 heavy (non-hydrogen) atoms. The molecule has 0 bridgehead atoms. The Balaban J connectivity index is 3.80. The van der Waals surface area contributed by atoms with Crippen molar-refractivity contribution in [2.45, 2.75) is 25.4 Å². The van der Waals surface area contributed by atoms with Crippen LogP contribution in [-0.4, -0.2) is 25.2 Å². The maximum Gasteiger partial charge on any atom is 0.145 e. The number of carbonyl (C=O) groups is 1. The van der Waals surface area contributed by atoms with Crippen molar-refractivity contribution in [3.05, 3.63) is 0 Å². The fraction of sp³-hybridized carbons (Fsp3) is 0.800. The summed E-state index contributed by atoms with van der Waals surface area (Å²) in [7, 11) is -1.57. The molecule has 0 radical (unpaired) electrons. The molecule has 48 valence electrons. The third kappa shape index (κ3) is 2.23. The van der Waals surface area contributed by atoms with Crippen LogP contribution in [0.25, 0.3) is 0 Å². The third-order valence-electron chi connectivity index (χ3n) is 1.02. The van der Waals surface area contributed by atoms with Gasteiger partial charge >= 0.3 is 0 Å². The van der Waals surface area contributed by atoms with Crippen LogP contribution >= 0.6 is 0 Å². The molecule has 0 aromatic rings. The maximum atomic E-state index is 9.94. The van der Waals surface area contributed by atoms with Crippen LogP contribution in [0, 0.1) is 0 Å². The third-order valence-corrected chi connectivity index (χ3v) is 2.93. The summed E-state index contributed by atoms with van der Waals surface area (Å²) >= 11 is 0. The van der Waals surface area contributed by atoms with E-state index in [4.69, 9.17) is 5.11 Å². The average molecular weight is 132 g/mol. The van der Waals surface area contributed by atoms with E-state index in [-0.39, 0.29) is 0 Å². The summed E-state index contributed by atoms with van der Waals surface area (Å²) in [6.45, 7) is 5.85. The van der Waals surface area contributed by atoms with E-state index < -0.39 is 13.8 Å². The number of carbonyl (C=O) groups excluding carboxylic acids is 1. The van der Waals surface area contributed by atoms with Gasteiger partial charge in [0, 0.05) is 0 Å². The Labute approximate surface area is 50.5 Å². The van der Waals surface area contributed by atoms with Crippen LogP contribution in [0.2, 0.25) is 19.6 Å². The average Bonchev–Trinajstić information content (AvgIpc) is 1.62. The highest BCUT2D eigenvalue weighted by molar-refractivity contribution is 6.79. The van der Waals surface area contributed by atoms with E-state index in [0.717, 1.165) is 0 Å². The first-order valence-corrected chi connectivity index (χ1v) is 6.19. The first-order chi connectivity index (χ1) is 3.48. The van der Waals surface area contributed by atoms with Gasteiger partial charge in [0.15, 0.2) is 0 Å². The minimum Gasteiger partial charge on any atom is -0.389 e. The number of rotatable bonds is 2. The zero-order valence-corrected chi connectivity index (χ0v) is 6.51. The maximum absolute atomic E-state index is 9.94. The molecule has 0 aromatic heterocycles. The van der Waals surface area contributed by atoms with Gasteiger partial charge in [0.05, 0.1) is 13.8 Å². The lowest BCUT2D eigenvalue weighted by molar-refractivity contribution is -0.112. The van der Waals surface area contributed by atoms with Crippen LogP contribution in [0.1, 0.15) is 0 Å². The predicted octanol–water partition coefficient (Wildman–Crippen LogP) is 0.424. The molecule has 0 aliphatic rings. The molecular formula is C5H12O2Si. The molecule has 0 rings (SSSR count). The normalized spacial score (nSPS) is 15.5. The molecule has 1 atom stereocenters. The van der Waals surface area contributed by atoms with Crippen LogP contribution in [0.3, 0.4) is 0 Å². The van der Waals surface area contributed by atoms with Gasteiger partial charge in [0.1, 0.15) is 6.29 Å². The Morgan fingerprint density at radius 3 is 1.88 bits per heavy atom. The second-order valence-corrected chi connectivity index (χ2v) is 8.27. The van der Waals surface area contributed by atoms with E-state index in [1.54, 1.807) is 0 Å². The highest BCUT2D eigenvalue weighted by Crippen LogP contribution is 2.03. The Morgan fingerprint density at radius 2 is 1.88 bits per heavy atom. The van der Waals surface area contributed by atoms with Gasteiger partial charge in [-0.15, -0.1) is 0 Å². The minimum atomic E-state index is -1.57. The van der Waals surface area contributed by atoms with E-state index in [2.05, 4.69) is 0 Å². The Morgan fingerprint density at radius 1 is 1.50 bits per heavy atom. The first-order valence-electron chi connectivity index (χ1n) is 2.62. The summed E-state index contributed by atoms with van der Waals surface area (Å²) < 4.78 is 0. The first kappa shape index (κ1) is 7.85. The van der Waals surface area contributed by atoms with Crippen molar-refractivity contribution in [3.8, 4) is 0 Å². The molecule has 0 saturated heterocycles. The molecule has 2 nitrogen and oxygen atoms in total. The van der Waals surface area contributed by atoms with Gasteiger partial charge in [-0.1, -0.05) is 19.6 Å². The van der Waals surface area contributed by atoms with Crippen molar-refractivity contribution < 1.29 is 9.90 Å². The SMILES string of the molecule is C[Si](C)(C)C(O)C=O. The van der Waals surface area contributed by atoms with E-state index in [1.807, 2.05) is 19.6 Å². The topological polar surface area (TPSA) is 37.3 Å². The monoisotopic (exact) mass is 132 g/mol. The summed E-state index contributed by atoms with van der Waals surface area (Å²) in [6.07, 6.45) is 0.617. The molecule has 0 spiro atoms. The summed E-state index contributed by atoms with van der Waals surface area (Å²) in [5.74, 6) is 0. The van der Waals surface area contributed by atoms with Gasteiger partial charge in [-0.3, -0.25) is 0 Å². The number of aliphatic hydroxyl groups excluding tert-OH is 1. The van der Waals surface area contributed by atoms with Gasteiger partial charge in [0.25, 0.3) is 0 Å². The molecule has 0 fully saturated rings. The smallest absolute Gasteiger partial charge is 0.145 e. The van der Waals surface area contributed by atoms with E-state index in [9.17, 15) is 4.79 Å². The predicted molar refractivity (Wildman–Crippen MR) is 35.4 cm³/mol. The van der Waals surface area contributed by atoms with Gasteiger partial charge < -0.3 is 9.90 Å². The number of hydrogen-bond acceptors (Lipinski definition) is 2. The van der Waals surface area contributed by atoms with Crippen molar-refractivity contribution >= 4 is 14.4 Å². The highest BCUT2D eigenvalue weighted by atomic mass is 28.3. The fourth-order valence-electron chi connectivity index (χ4n) is 0.204. The van der Waals surface area contributed by atoms with Crippen molar-refractivity contribution in [2.75, 3.05) is 0 Å². The zero-order chi connectivity index (χ0) is 6.78. The quantitative estimate of drug-likeness (QED) is 0.437. The van der Waals surface area contributed by atoms with Gasteiger partial charge in [-0.2, -0.15) is 0 Å². The lowest BCUT2D eigenvalue weighted by Gasteiger charge is -2.17. The molecule has 0 heterocycles. The van der Waals surface area contributed by atoms with Gasteiger partial charge in [0.2, 0.25) is 0 Å². The fourth-order valence-corrected chi connectivity index (χ4v) is 0.612. The molecule has 0 saturated carbocycles. The second-order valence-electron chi connectivity index (χ2n) is 2.95. The van der Waals surface area contributed by atoms with Crippen LogP contribution in [0.15, 0.2) is 0 Å². The second kappa shape index (κ2) is 2.41. The van der Waals surface area contributed by atoms with Gasteiger partial charge in [-0.05, 0) is 0 Å². The molecule has 1 N–H and O–H groups in total. The van der Waals surface area contributed by atoms with E-state index in [1.165, 1.54) is 0 Å². The van der Waals surface area contributed by atoms with Gasteiger partial charge in [-0.25, -0.2) is 0 Å². The van der Waals surface area contributed by atoms with E-state index in [0.29, 0.717) is 6.29 Å².